The first-order chi connectivity index (χ1) is 11.6. The second kappa shape index (κ2) is 7.09. The molecule has 24 heavy (non-hydrogen) atoms. The van der Waals surface area contributed by atoms with Crippen molar-refractivity contribution in [1.82, 2.24) is 14.9 Å². The summed E-state index contributed by atoms with van der Waals surface area (Å²) in [6, 6.07) is 3.23. The van der Waals surface area contributed by atoms with Crippen molar-refractivity contribution in [3.8, 4) is 0 Å². The maximum Gasteiger partial charge on any atom is 0.268 e. The van der Waals surface area contributed by atoms with Gasteiger partial charge >= 0.3 is 0 Å². The van der Waals surface area contributed by atoms with Gasteiger partial charge in [-0.1, -0.05) is 12.8 Å². The summed E-state index contributed by atoms with van der Waals surface area (Å²) in [4.78, 5) is 35.3. The van der Waals surface area contributed by atoms with Gasteiger partial charge in [-0.2, -0.15) is 0 Å². The smallest absolute Gasteiger partial charge is 0.268 e. The number of pyridine rings is 1. The van der Waals surface area contributed by atoms with E-state index in [4.69, 9.17) is 0 Å². The minimum absolute atomic E-state index is 0.127. The second-order valence-corrected chi connectivity index (χ2v) is 6.99. The molecule has 6 nitrogen and oxygen atoms in total. The molecule has 2 heterocycles. The van der Waals surface area contributed by atoms with Gasteiger partial charge in [-0.05, 0) is 25.0 Å². The molecule has 0 atom stereocenters. The number of hydrogen-bond acceptors (Lipinski definition) is 5. The van der Waals surface area contributed by atoms with Crippen molar-refractivity contribution in [1.29, 1.82) is 0 Å². The van der Waals surface area contributed by atoms with E-state index >= 15 is 0 Å². The molecule has 0 aromatic carbocycles. The van der Waals surface area contributed by atoms with Gasteiger partial charge in [0.15, 0.2) is 0 Å². The van der Waals surface area contributed by atoms with Crippen molar-refractivity contribution in [3.63, 3.8) is 0 Å². The van der Waals surface area contributed by atoms with Gasteiger partial charge in [0.25, 0.3) is 11.8 Å². The van der Waals surface area contributed by atoms with Crippen LogP contribution in [0.3, 0.4) is 0 Å². The zero-order valence-corrected chi connectivity index (χ0v) is 14.6. The fourth-order valence-corrected chi connectivity index (χ4v) is 3.75. The van der Waals surface area contributed by atoms with Crippen LogP contribution < -0.4 is 5.32 Å². The summed E-state index contributed by atoms with van der Waals surface area (Å²) in [7, 11) is 3.37. The number of carbonyl (C=O) groups is 2. The van der Waals surface area contributed by atoms with E-state index in [1.165, 1.54) is 35.3 Å². The molecule has 2 aromatic heterocycles. The molecule has 7 heteroatoms. The number of carbonyl (C=O) groups excluding carboxylic acids is 2. The number of rotatable bonds is 4. The van der Waals surface area contributed by atoms with Gasteiger partial charge in [0.1, 0.15) is 10.7 Å². The normalized spacial score (nSPS) is 14.6. The van der Waals surface area contributed by atoms with E-state index in [-0.39, 0.29) is 11.8 Å². The predicted molar refractivity (Wildman–Crippen MR) is 93.5 cm³/mol. The lowest BCUT2D eigenvalue weighted by atomic mass is 10.0. The maximum atomic E-state index is 12.6. The molecule has 0 bridgehead atoms. The molecule has 1 aliphatic rings. The lowest BCUT2D eigenvalue weighted by Crippen LogP contribution is -2.22. The Balaban J connectivity index is 1.77. The van der Waals surface area contributed by atoms with E-state index in [1.54, 1.807) is 31.7 Å². The molecule has 1 fully saturated rings. The number of thiazole rings is 1. The Bertz CT molecular complexity index is 751. The summed E-state index contributed by atoms with van der Waals surface area (Å²) in [5.41, 5.74) is 3.11. The topological polar surface area (TPSA) is 75.2 Å². The third kappa shape index (κ3) is 3.46. The lowest BCUT2D eigenvalue weighted by molar-refractivity contribution is 0.0827. The Hall–Kier alpha value is -2.28. The molecule has 1 aliphatic carbocycles. The predicted octanol–water partition coefficient (Wildman–Crippen LogP) is 3.15. The molecule has 2 amide bonds. The molecule has 0 saturated heterocycles. The Morgan fingerprint density at radius 3 is 2.71 bits per heavy atom. The standard InChI is InChI=1S/C17H20N4O2S/c1-21(2)17(23)12-7-8-18-13(9-12)20-16(22)15-14(19-10-24-15)11-5-3-4-6-11/h7-11H,3-6H2,1-2H3,(H,18,20,22). The molecule has 0 spiro atoms. The summed E-state index contributed by atoms with van der Waals surface area (Å²) in [5, 5.41) is 2.79. The second-order valence-electron chi connectivity index (χ2n) is 6.13. The highest BCUT2D eigenvalue weighted by atomic mass is 32.1. The fourth-order valence-electron chi connectivity index (χ4n) is 2.98. The molecular weight excluding hydrogens is 324 g/mol. The van der Waals surface area contributed by atoms with Gasteiger partial charge in [0, 0.05) is 31.8 Å². The number of anilines is 1. The first-order valence-electron chi connectivity index (χ1n) is 7.98. The van der Waals surface area contributed by atoms with E-state index in [2.05, 4.69) is 15.3 Å². The number of hydrogen-bond donors (Lipinski definition) is 1. The quantitative estimate of drug-likeness (QED) is 0.924. The minimum atomic E-state index is -0.207. The van der Waals surface area contributed by atoms with Crippen molar-refractivity contribution >= 4 is 29.0 Å². The van der Waals surface area contributed by atoms with Crippen LogP contribution in [0.2, 0.25) is 0 Å². The highest BCUT2D eigenvalue weighted by molar-refractivity contribution is 7.12. The SMILES string of the molecule is CN(C)C(=O)c1ccnc(NC(=O)c2scnc2C2CCCC2)c1. The monoisotopic (exact) mass is 344 g/mol. The molecular formula is C17H20N4O2S. The van der Waals surface area contributed by atoms with E-state index in [9.17, 15) is 9.59 Å². The number of amides is 2. The molecule has 1 saturated carbocycles. The van der Waals surface area contributed by atoms with E-state index < -0.39 is 0 Å². The van der Waals surface area contributed by atoms with Gasteiger partial charge in [0.05, 0.1) is 11.2 Å². The summed E-state index contributed by atoms with van der Waals surface area (Å²) >= 11 is 1.35. The fraction of sp³-hybridized carbons (Fsp3) is 0.412. The highest BCUT2D eigenvalue weighted by Gasteiger charge is 2.25. The van der Waals surface area contributed by atoms with Crippen LogP contribution in [0.1, 0.15) is 57.3 Å². The van der Waals surface area contributed by atoms with Crippen LogP contribution in [0.5, 0.6) is 0 Å². The van der Waals surface area contributed by atoms with Crippen molar-refractivity contribution < 1.29 is 9.59 Å². The summed E-state index contributed by atoms with van der Waals surface area (Å²) in [5.74, 6) is 0.420. The van der Waals surface area contributed by atoms with Gasteiger partial charge < -0.3 is 10.2 Å². The average Bonchev–Trinajstić information content (AvgIpc) is 3.24. The molecule has 2 aromatic rings. The van der Waals surface area contributed by atoms with Crippen molar-refractivity contribution in [3.05, 3.63) is 40.0 Å². The van der Waals surface area contributed by atoms with E-state index in [0.717, 1.165) is 18.5 Å². The Kier molecular flexibility index (Phi) is 4.89. The first kappa shape index (κ1) is 16.6. The molecule has 0 aliphatic heterocycles. The van der Waals surface area contributed by atoms with Crippen LogP contribution in [-0.2, 0) is 0 Å². The largest absolute Gasteiger partial charge is 0.345 e. The van der Waals surface area contributed by atoms with Crippen molar-refractivity contribution in [2.45, 2.75) is 31.6 Å². The zero-order chi connectivity index (χ0) is 17.1. The van der Waals surface area contributed by atoms with Crippen LogP contribution in [-0.4, -0.2) is 40.8 Å². The molecule has 3 rings (SSSR count). The minimum Gasteiger partial charge on any atom is -0.345 e. The average molecular weight is 344 g/mol. The third-order valence-corrected chi connectivity index (χ3v) is 5.04. The molecule has 0 radical (unpaired) electrons. The van der Waals surface area contributed by atoms with Crippen LogP contribution in [0.4, 0.5) is 5.82 Å². The van der Waals surface area contributed by atoms with Gasteiger partial charge in [-0.25, -0.2) is 9.97 Å². The molecule has 0 unspecified atom stereocenters. The third-order valence-electron chi connectivity index (χ3n) is 4.20. The summed E-state index contributed by atoms with van der Waals surface area (Å²) in [6.07, 6.45) is 6.10. The number of nitrogens with one attached hydrogen (secondary N) is 1. The highest BCUT2D eigenvalue weighted by Crippen LogP contribution is 2.36. The van der Waals surface area contributed by atoms with Crippen LogP contribution in [0.15, 0.2) is 23.8 Å². The van der Waals surface area contributed by atoms with E-state index in [1.807, 2.05) is 0 Å². The van der Waals surface area contributed by atoms with Gasteiger partial charge in [0.2, 0.25) is 0 Å². The Labute approximate surface area is 144 Å². The van der Waals surface area contributed by atoms with Gasteiger partial charge in [-0.3, -0.25) is 9.59 Å². The zero-order valence-electron chi connectivity index (χ0n) is 13.8. The first-order valence-corrected chi connectivity index (χ1v) is 8.86. The van der Waals surface area contributed by atoms with E-state index in [0.29, 0.717) is 22.2 Å². The number of nitrogens with zero attached hydrogens (tertiary/aromatic N) is 3. The van der Waals surface area contributed by atoms with Crippen LogP contribution >= 0.6 is 11.3 Å². The molecule has 1 N–H and O–H groups in total. The Morgan fingerprint density at radius 1 is 1.25 bits per heavy atom. The number of aromatic nitrogens is 2. The molecule has 126 valence electrons. The van der Waals surface area contributed by atoms with Crippen LogP contribution in [0.25, 0.3) is 0 Å². The van der Waals surface area contributed by atoms with Crippen molar-refractivity contribution in [2.24, 2.45) is 0 Å². The van der Waals surface area contributed by atoms with Crippen LogP contribution in [0, 0.1) is 0 Å². The maximum absolute atomic E-state index is 12.6. The van der Waals surface area contributed by atoms with Crippen molar-refractivity contribution in [2.75, 3.05) is 19.4 Å². The summed E-state index contributed by atoms with van der Waals surface area (Å²) in [6.45, 7) is 0. The Morgan fingerprint density at radius 2 is 2.00 bits per heavy atom. The van der Waals surface area contributed by atoms with Gasteiger partial charge in [-0.15, -0.1) is 11.3 Å². The summed E-state index contributed by atoms with van der Waals surface area (Å²) < 4.78 is 0. The lowest BCUT2D eigenvalue weighted by Gasteiger charge is -2.12.